The summed E-state index contributed by atoms with van der Waals surface area (Å²) in [5.41, 5.74) is 1.75. The van der Waals surface area contributed by atoms with Crippen LogP contribution in [0, 0.1) is 19.7 Å². The Balaban J connectivity index is 0.00000288. The molecule has 0 spiro atoms. The van der Waals surface area contributed by atoms with Crippen LogP contribution in [-0.2, 0) is 13.0 Å². The molecule has 7 heteroatoms. The quantitative estimate of drug-likeness (QED) is 0.390. The second-order valence-corrected chi connectivity index (χ2v) is 6.49. The van der Waals surface area contributed by atoms with Crippen molar-refractivity contribution >= 4 is 41.3 Å². The van der Waals surface area contributed by atoms with Crippen LogP contribution in [0.25, 0.3) is 0 Å². The molecule has 0 fully saturated rings. The zero-order valence-corrected chi connectivity index (χ0v) is 17.4. The monoisotopic (exact) mass is 462 g/mol. The van der Waals surface area contributed by atoms with E-state index in [4.69, 9.17) is 0 Å². The second kappa shape index (κ2) is 10.6. The second-order valence-electron chi connectivity index (χ2n) is 5.20. The van der Waals surface area contributed by atoms with Gasteiger partial charge in [0.2, 0.25) is 0 Å². The van der Waals surface area contributed by atoms with E-state index in [2.05, 4.69) is 20.6 Å². The van der Waals surface area contributed by atoms with Crippen LogP contribution in [0.1, 0.15) is 28.1 Å². The Hall–Kier alpha value is -1.22. The van der Waals surface area contributed by atoms with Gasteiger partial charge in [-0.05, 0) is 38.8 Å². The predicted octanol–water partition coefficient (Wildman–Crippen LogP) is 3.81. The summed E-state index contributed by atoms with van der Waals surface area (Å²) >= 11 is 1.67. The maximum absolute atomic E-state index is 13.6. The highest BCUT2D eigenvalue weighted by Gasteiger charge is 2.05. The Kier molecular flexibility index (Phi) is 9.20. The van der Waals surface area contributed by atoms with Crippen molar-refractivity contribution in [3.8, 4) is 0 Å². The summed E-state index contributed by atoms with van der Waals surface area (Å²) in [5.74, 6) is 0.585. The van der Waals surface area contributed by atoms with Crippen LogP contribution in [-0.4, -0.2) is 24.0 Å². The molecule has 0 saturated carbocycles. The number of guanidine groups is 1. The molecule has 2 N–H and O–H groups in total. The van der Waals surface area contributed by atoms with Gasteiger partial charge in [-0.15, -0.1) is 35.3 Å². The van der Waals surface area contributed by atoms with Gasteiger partial charge in [-0.25, -0.2) is 14.4 Å². The summed E-state index contributed by atoms with van der Waals surface area (Å²) in [7, 11) is 0. The molecule has 0 atom stereocenters. The van der Waals surface area contributed by atoms with Crippen molar-refractivity contribution < 1.29 is 4.39 Å². The number of benzene rings is 1. The molecule has 0 aliphatic rings. The fourth-order valence-electron chi connectivity index (χ4n) is 2.23. The predicted molar refractivity (Wildman–Crippen MR) is 110 cm³/mol. The largest absolute Gasteiger partial charge is 0.357 e. The van der Waals surface area contributed by atoms with Crippen LogP contribution < -0.4 is 10.6 Å². The van der Waals surface area contributed by atoms with Gasteiger partial charge in [0.1, 0.15) is 5.82 Å². The molecule has 0 radical (unpaired) electrons. The van der Waals surface area contributed by atoms with E-state index in [0.29, 0.717) is 25.1 Å². The van der Waals surface area contributed by atoms with Gasteiger partial charge in [0.05, 0.1) is 17.2 Å². The molecule has 0 aliphatic heterocycles. The third-order valence-corrected chi connectivity index (χ3v) is 4.43. The molecule has 0 bridgehead atoms. The number of aromatic nitrogens is 1. The van der Waals surface area contributed by atoms with E-state index in [1.807, 2.05) is 32.9 Å². The molecule has 2 aromatic rings. The minimum Gasteiger partial charge on any atom is -0.357 e. The first kappa shape index (κ1) is 20.8. The zero-order valence-electron chi connectivity index (χ0n) is 14.2. The number of aryl methyl sites for hydroxylation is 2. The van der Waals surface area contributed by atoms with Crippen LogP contribution in [0.5, 0.6) is 0 Å². The van der Waals surface area contributed by atoms with Gasteiger partial charge in [0.25, 0.3) is 0 Å². The lowest BCUT2D eigenvalue weighted by molar-refractivity contribution is 0.606. The molecule has 0 unspecified atom stereocenters. The van der Waals surface area contributed by atoms with Crippen molar-refractivity contribution in [2.24, 2.45) is 4.99 Å². The lowest BCUT2D eigenvalue weighted by Gasteiger charge is -2.11. The summed E-state index contributed by atoms with van der Waals surface area (Å²) in [6, 6.07) is 6.86. The minimum atomic E-state index is -0.160. The van der Waals surface area contributed by atoms with Crippen molar-refractivity contribution in [1.82, 2.24) is 15.6 Å². The van der Waals surface area contributed by atoms with E-state index in [-0.39, 0.29) is 29.8 Å². The van der Waals surface area contributed by atoms with Crippen LogP contribution in [0.15, 0.2) is 29.3 Å². The molecule has 0 aliphatic carbocycles. The van der Waals surface area contributed by atoms with E-state index < -0.39 is 0 Å². The Morgan fingerprint density at radius 1 is 1.25 bits per heavy atom. The van der Waals surface area contributed by atoms with E-state index in [1.54, 1.807) is 17.4 Å². The summed E-state index contributed by atoms with van der Waals surface area (Å²) in [4.78, 5) is 10.2. The number of hydrogen-bond donors (Lipinski definition) is 2. The van der Waals surface area contributed by atoms with Gasteiger partial charge in [-0.2, -0.15) is 0 Å². The molecular formula is C17H24FIN4S. The molecular weight excluding hydrogens is 438 g/mol. The van der Waals surface area contributed by atoms with Crippen LogP contribution in [0.2, 0.25) is 0 Å². The molecule has 0 saturated heterocycles. The Bertz CT molecular complexity index is 672. The molecule has 4 nitrogen and oxygen atoms in total. The third-order valence-electron chi connectivity index (χ3n) is 3.37. The number of aliphatic imine (C=N–C) groups is 1. The first-order chi connectivity index (χ1) is 11.1. The number of halogens is 2. The maximum atomic E-state index is 13.6. The van der Waals surface area contributed by atoms with Crippen molar-refractivity contribution in [3.05, 3.63) is 51.2 Å². The normalized spacial score (nSPS) is 11.1. The topological polar surface area (TPSA) is 49.3 Å². The number of nitrogens with zero attached hydrogens (tertiary/aromatic N) is 2. The van der Waals surface area contributed by atoms with E-state index in [1.165, 1.54) is 10.9 Å². The van der Waals surface area contributed by atoms with Crippen molar-refractivity contribution in [2.45, 2.75) is 33.7 Å². The molecule has 24 heavy (non-hydrogen) atoms. The highest BCUT2D eigenvalue weighted by atomic mass is 127. The van der Waals surface area contributed by atoms with Gasteiger partial charge >= 0.3 is 0 Å². The Labute approximate surface area is 164 Å². The molecule has 1 aromatic heterocycles. The van der Waals surface area contributed by atoms with Gasteiger partial charge in [0, 0.05) is 18.0 Å². The number of rotatable bonds is 6. The fourth-order valence-corrected chi connectivity index (χ4v) is 3.09. The first-order valence-electron chi connectivity index (χ1n) is 7.78. The summed E-state index contributed by atoms with van der Waals surface area (Å²) in [6.45, 7) is 8.05. The fraction of sp³-hybridized carbons (Fsp3) is 0.412. The summed E-state index contributed by atoms with van der Waals surface area (Å²) in [6.07, 6.45) is 0.621. The van der Waals surface area contributed by atoms with Crippen molar-refractivity contribution in [1.29, 1.82) is 0 Å². The summed E-state index contributed by atoms with van der Waals surface area (Å²) < 4.78 is 13.6. The maximum Gasteiger partial charge on any atom is 0.191 e. The van der Waals surface area contributed by atoms with E-state index in [9.17, 15) is 4.39 Å². The average molecular weight is 462 g/mol. The zero-order chi connectivity index (χ0) is 16.7. The van der Waals surface area contributed by atoms with E-state index in [0.717, 1.165) is 23.2 Å². The highest BCUT2D eigenvalue weighted by Crippen LogP contribution is 2.17. The van der Waals surface area contributed by atoms with Gasteiger partial charge in [0.15, 0.2) is 5.96 Å². The Morgan fingerprint density at radius 2 is 2.00 bits per heavy atom. The van der Waals surface area contributed by atoms with Gasteiger partial charge in [-0.3, -0.25) is 0 Å². The molecule has 132 valence electrons. The number of thiazole rings is 1. The van der Waals surface area contributed by atoms with Crippen LogP contribution in [0.4, 0.5) is 4.39 Å². The molecule has 0 amide bonds. The molecule has 1 heterocycles. The van der Waals surface area contributed by atoms with Gasteiger partial charge in [-0.1, -0.05) is 18.2 Å². The minimum absolute atomic E-state index is 0. The lowest BCUT2D eigenvalue weighted by Crippen LogP contribution is -2.38. The third kappa shape index (κ3) is 6.35. The lowest BCUT2D eigenvalue weighted by atomic mass is 10.1. The number of nitrogens with one attached hydrogen (secondary N) is 2. The molecule has 1 aromatic carbocycles. The highest BCUT2D eigenvalue weighted by molar-refractivity contribution is 14.0. The number of hydrogen-bond acceptors (Lipinski definition) is 3. The average Bonchev–Trinajstić information content (AvgIpc) is 2.84. The van der Waals surface area contributed by atoms with Crippen molar-refractivity contribution in [3.63, 3.8) is 0 Å². The Morgan fingerprint density at radius 3 is 2.62 bits per heavy atom. The van der Waals surface area contributed by atoms with Gasteiger partial charge < -0.3 is 10.6 Å². The van der Waals surface area contributed by atoms with E-state index >= 15 is 0 Å². The SMILES string of the molecule is CCNC(=NCc1sc(C)nc1C)NCCc1ccccc1F.I. The summed E-state index contributed by atoms with van der Waals surface area (Å²) in [5, 5.41) is 7.52. The molecule has 2 rings (SSSR count). The van der Waals surface area contributed by atoms with Crippen LogP contribution >= 0.6 is 35.3 Å². The smallest absolute Gasteiger partial charge is 0.191 e. The van der Waals surface area contributed by atoms with Crippen LogP contribution in [0.3, 0.4) is 0 Å². The standard InChI is InChI=1S/C17H23FN4S.HI/c1-4-19-17(21-11-16-12(2)22-13(3)23-16)20-10-9-14-7-5-6-8-15(14)18;/h5-8H,4,9-11H2,1-3H3,(H2,19,20,21);1H. The first-order valence-corrected chi connectivity index (χ1v) is 8.60. The van der Waals surface area contributed by atoms with Crippen molar-refractivity contribution in [2.75, 3.05) is 13.1 Å².